The third-order valence-electron chi connectivity index (χ3n) is 4.51. The molecule has 27 heavy (non-hydrogen) atoms. The van der Waals surface area contributed by atoms with Gasteiger partial charge in [-0.25, -0.2) is 4.79 Å². The Morgan fingerprint density at radius 2 is 1.93 bits per heavy atom. The van der Waals surface area contributed by atoms with Gasteiger partial charge in [-0.05, 0) is 36.8 Å². The zero-order chi connectivity index (χ0) is 20.0. The molecule has 0 aliphatic heterocycles. The lowest BCUT2D eigenvalue weighted by Crippen LogP contribution is -2.41. The van der Waals surface area contributed by atoms with Gasteiger partial charge in [0.05, 0.1) is 4.88 Å². The van der Waals surface area contributed by atoms with E-state index in [2.05, 4.69) is 11.9 Å². The second-order valence-corrected chi connectivity index (χ2v) is 7.51. The highest BCUT2D eigenvalue weighted by Gasteiger charge is 2.26. The maximum absolute atomic E-state index is 13.2. The fourth-order valence-corrected chi connectivity index (χ4v) is 3.80. The number of anilines is 2. The summed E-state index contributed by atoms with van der Waals surface area (Å²) in [6.07, 6.45) is 4.30. The number of carbonyl (C=O) groups is 1. The van der Waals surface area contributed by atoms with Crippen molar-refractivity contribution in [3.63, 3.8) is 0 Å². The van der Waals surface area contributed by atoms with Gasteiger partial charge in [0.1, 0.15) is 5.82 Å². The standard InChI is InChI=1S/C19H28N4O3S/c1-4-6-8-11-22(18(25)15-13(3)9-12-27-15)14-16(20)23(10-7-5-2)19(26)21-17(14)24/h9,12H,4-8,10-11,20H2,1-3H3,(H,21,24,26). The zero-order valence-corrected chi connectivity index (χ0v) is 17.0. The van der Waals surface area contributed by atoms with Crippen molar-refractivity contribution in [2.75, 3.05) is 17.2 Å². The van der Waals surface area contributed by atoms with Gasteiger partial charge in [0.25, 0.3) is 11.5 Å². The first kappa shape index (κ1) is 21.0. The Hall–Kier alpha value is -2.35. The second-order valence-electron chi connectivity index (χ2n) is 6.59. The van der Waals surface area contributed by atoms with Crippen LogP contribution in [0.2, 0.25) is 0 Å². The van der Waals surface area contributed by atoms with E-state index in [-0.39, 0.29) is 17.4 Å². The monoisotopic (exact) mass is 392 g/mol. The summed E-state index contributed by atoms with van der Waals surface area (Å²) in [7, 11) is 0. The molecule has 0 saturated carbocycles. The quantitative estimate of drug-likeness (QED) is 0.640. The fraction of sp³-hybridized carbons (Fsp3) is 0.526. The maximum Gasteiger partial charge on any atom is 0.330 e. The molecule has 3 N–H and O–H groups in total. The third kappa shape index (κ3) is 4.68. The highest BCUT2D eigenvalue weighted by Crippen LogP contribution is 2.24. The number of nitrogens with two attached hydrogens (primary N) is 1. The number of H-pyrrole nitrogens is 1. The van der Waals surface area contributed by atoms with E-state index < -0.39 is 11.2 Å². The summed E-state index contributed by atoms with van der Waals surface area (Å²) >= 11 is 1.34. The van der Waals surface area contributed by atoms with Crippen molar-refractivity contribution in [1.82, 2.24) is 9.55 Å². The predicted octanol–water partition coefficient (Wildman–Crippen LogP) is 3.13. The van der Waals surface area contributed by atoms with Gasteiger partial charge in [-0.2, -0.15) is 0 Å². The van der Waals surface area contributed by atoms with Crippen molar-refractivity contribution in [1.29, 1.82) is 0 Å². The lowest BCUT2D eigenvalue weighted by atomic mass is 10.2. The normalized spacial score (nSPS) is 10.9. The van der Waals surface area contributed by atoms with E-state index in [0.29, 0.717) is 18.0 Å². The number of carbonyl (C=O) groups excluding carboxylic acids is 1. The Labute approximate surface area is 162 Å². The van der Waals surface area contributed by atoms with E-state index in [0.717, 1.165) is 37.7 Å². The molecule has 7 nitrogen and oxygen atoms in total. The van der Waals surface area contributed by atoms with E-state index >= 15 is 0 Å². The van der Waals surface area contributed by atoms with Gasteiger partial charge in [0, 0.05) is 13.1 Å². The Balaban J connectivity index is 2.54. The molecule has 148 valence electrons. The minimum absolute atomic E-state index is 0.0521. The van der Waals surface area contributed by atoms with Crippen LogP contribution in [0.4, 0.5) is 11.5 Å². The maximum atomic E-state index is 13.2. The van der Waals surface area contributed by atoms with E-state index in [9.17, 15) is 14.4 Å². The number of hydrogen-bond acceptors (Lipinski definition) is 5. The minimum Gasteiger partial charge on any atom is -0.383 e. The lowest BCUT2D eigenvalue weighted by molar-refractivity contribution is 0.0989. The summed E-state index contributed by atoms with van der Waals surface area (Å²) in [5.41, 5.74) is 5.98. The van der Waals surface area contributed by atoms with Crippen LogP contribution in [0.3, 0.4) is 0 Å². The van der Waals surface area contributed by atoms with Gasteiger partial charge in [0.2, 0.25) is 0 Å². The number of nitrogen functional groups attached to an aromatic ring is 1. The van der Waals surface area contributed by atoms with Crippen LogP contribution in [0.15, 0.2) is 21.0 Å². The molecule has 1 amide bonds. The number of rotatable bonds is 9. The van der Waals surface area contributed by atoms with Gasteiger partial charge < -0.3 is 5.73 Å². The molecule has 0 aliphatic carbocycles. The van der Waals surface area contributed by atoms with Gasteiger partial charge in [-0.15, -0.1) is 11.3 Å². The highest BCUT2D eigenvalue weighted by molar-refractivity contribution is 7.12. The van der Waals surface area contributed by atoms with E-state index in [1.165, 1.54) is 20.8 Å². The molecule has 0 fully saturated rings. The Bertz CT molecular complexity index is 897. The van der Waals surface area contributed by atoms with E-state index in [4.69, 9.17) is 5.73 Å². The first-order valence-corrected chi connectivity index (χ1v) is 10.3. The number of nitrogens with zero attached hydrogens (tertiary/aromatic N) is 2. The zero-order valence-electron chi connectivity index (χ0n) is 16.2. The number of hydrogen-bond donors (Lipinski definition) is 2. The van der Waals surface area contributed by atoms with Crippen molar-refractivity contribution in [3.05, 3.63) is 42.7 Å². The van der Waals surface area contributed by atoms with Crippen LogP contribution in [0, 0.1) is 6.92 Å². The number of aromatic amines is 1. The number of amides is 1. The smallest absolute Gasteiger partial charge is 0.330 e. The van der Waals surface area contributed by atoms with Crippen molar-refractivity contribution in [2.45, 2.75) is 59.4 Å². The summed E-state index contributed by atoms with van der Waals surface area (Å²) in [4.78, 5) is 42.3. The Morgan fingerprint density at radius 1 is 1.22 bits per heavy atom. The molecule has 0 atom stereocenters. The molecule has 2 rings (SSSR count). The summed E-state index contributed by atoms with van der Waals surface area (Å²) in [5, 5.41) is 1.85. The minimum atomic E-state index is -0.621. The van der Waals surface area contributed by atoms with Crippen molar-refractivity contribution in [2.24, 2.45) is 0 Å². The number of unbranched alkanes of at least 4 members (excludes halogenated alkanes) is 3. The largest absolute Gasteiger partial charge is 0.383 e. The number of thiophene rings is 1. The van der Waals surface area contributed by atoms with Gasteiger partial charge >= 0.3 is 5.69 Å². The average Bonchev–Trinajstić information content (AvgIpc) is 3.05. The lowest BCUT2D eigenvalue weighted by Gasteiger charge is -2.24. The molecule has 0 saturated heterocycles. The molecule has 8 heteroatoms. The summed E-state index contributed by atoms with van der Waals surface area (Å²) in [6.45, 7) is 6.72. The fourth-order valence-electron chi connectivity index (χ4n) is 2.93. The summed E-state index contributed by atoms with van der Waals surface area (Å²) < 4.78 is 1.35. The average molecular weight is 393 g/mol. The molecule has 0 unspecified atom stereocenters. The molecule has 0 aliphatic rings. The molecule has 2 aromatic heterocycles. The molecular formula is C19H28N4O3S. The van der Waals surface area contributed by atoms with Crippen LogP contribution in [0.25, 0.3) is 0 Å². The van der Waals surface area contributed by atoms with Crippen LogP contribution in [-0.2, 0) is 6.54 Å². The van der Waals surface area contributed by atoms with Gasteiger partial charge in [-0.1, -0.05) is 33.1 Å². The number of aromatic nitrogens is 2. The van der Waals surface area contributed by atoms with Crippen LogP contribution in [-0.4, -0.2) is 22.0 Å². The first-order valence-electron chi connectivity index (χ1n) is 9.40. The van der Waals surface area contributed by atoms with Gasteiger partial charge in [-0.3, -0.25) is 24.0 Å². The Kier molecular flexibility index (Phi) is 7.41. The molecule has 0 spiro atoms. The molecular weight excluding hydrogens is 364 g/mol. The molecule has 0 radical (unpaired) electrons. The predicted molar refractivity (Wildman–Crippen MR) is 111 cm³/mol. The molecule has 2 heterocycles. The Morgan fingerprint density at radius 3 is 2.52 bits per heavy atom. The van der Waals surface area contributed by atoms with Gasteiger partial charge in [0.15, 0.2) is 5.69 Å². The summed E-state index contributed by atoms with van der Waals surface area (Å²) in [5.74, 6) is -0.201. The third-order valence-corrected chi connectivity index (χ3v) is 5.51. The molecule has 0 aromatic carbocycles. The van der Waals surface area contributed by atoms with Crippen LogP contribution >= 0.6 is 11.3 Å². The molecule has 2 aromatic rings. The van der Waals surface area contributed by atoms with Crippen LogP contribution < -0.4 is 21.9 Å². The van der Waals surface area contributed by atoms with E-state index in [1.807, 2.05) is 25.3 Å². The highest BCUT2D eigenvalue weighted by atomic mass is 32.1. The summed E-state index contributed by atoms with van der Waals surface area (Å²) in [6, 6.07) is 1.87. The van der Waals surface area contributed by atoms with Crippen molar-refractivity contribution in [3.8, 4) is 0 Å². The topological polar surface area (TPSA) is 101 Å². The second kappa shape index (κ2) is 9.55. The van der Waals surface area contributed by atoms with Crippen LogP contribution in [0.1, 0.15) is 61.2 Å². The SMILES string of the molecule is CCCCCN(C(=O)c1sccc1C)c1c(N)n(CCCC)c(=O)[nH]c1=O. The van der Waals surface area contributed by atoms with Crippen LogP contribution in [0.5, 0.6) is 0 Å². The van der Waals surface area contributed by atoms with E-state index in [1.54, 1.807) is 0 Å². The van der Waals surface area contributed by atoms with Crippen molar-refractivity contribution < 1.29 is 4.79 Å². The van der Waals surface area contributed by atoms with Crippen molar-refractivity contribution >= 4 is 28.7 Å². The first-order chi connectivity index (χ1) is 12.9. The number of nitrogens with one attached hydrogen (secondary N) is 1. The molecule has 0 bridgehead atoms. The number of aryl methyl sites for hydroxylation is 1.